The van der Waals surface area contributed by atoms with Crippen LogP contribution in [-0.4, -0.2) is 74.5 Å². The van der Waals surface area contributed by atoms with Gasteiger partial charge in [-0.05, 0) is 64.2 Å². The summed E-state index contributed by atoms with van der Waals surface area (Å²) >= 11 is 0. The molecule has 0 bridgehead atoms. The number of esters is 1. The number of carbonyl (C=O) groups excluding carboxylic acids is 2. The van der Waals surface area contributed by atoms with Crippen molar-refractivity contribution in [3.8, 4) is 5.82 Å². The first-order valence-corrected chi connectivity index (χ1v) is 12.4. The number of aromatic nitrogens is 4. The Morgan fingerprint density at radius 3 is 2.50 bits per heavy atom. The summed E-state index contributed by atoms with van der Waals surface area (Å²) in [6.07, 6.45) is 5.73. The van der Waals surface area contributed by atoms with Gasteiger partial charge < -0.3 is 23.8 Å². The van der Waals surface area contributed by atoms with Crippen LogP contribution in [-0.2, 0) is 16.5 Å². The number of anilines is 1. The van der Waals surface area contributed by atoms with E-state index in [1.807, 2.05) is 43.0 Å². The molecule has 1 aliphatic carbocycles. The Labute approximate surface area is 210 Å². The van der Waals surface area contributed by atoms with Gasteiger partial charge in [-0.1, -0.05) is 0 Å². The summed E-state index contributed by atoms with van der Waals surface area (Å²) in [6.45, 7) is 9.52. The van der Waals surface area contributed by atoms with Crippen molar-refractivity contribution in [3.63, 3.8) is 0 Å². The van der Waals surface area contributed by atoms with Crippen LogP contribution in [0.2, 0.25) is 0 Å². The number of piperazine rings is 1. The lowest BCUT2D eigenvalue weighted by molar-refractivity contribution is 0.0218. The summed E-state index contributed by atoms with van der Waals surface area (Å²) in [5.74, 6) is 1.81. The molecular weight excluding hydrogens is 460 g/mol. The van der Waals surface area contributed by atoms with Crippen molar-refractivity contribution in [2.75, 3.05) is 31.6 Å². The quantitative estimate of drug-likeness (QED) is 0.508. The van der Waals surface area contributed by atoms with Gasteiger partial charge in [-0.15, -0.1) is 0 Å². The van der Waals surface area contributed by atoms with Crippen molar-refractivity contribution in [2.24, 2.45) is 7.05 Å². The number of hydrogen-bond acceptors (Lipinski definition) is 7. The molecule has 1 atom stereocenters. The third-order valence-corrected chi connectivity index (χ3v) is 6.90. The van der Waals surface area contributed by atoms with Gasteiger partial charge in [-0.25, -0.2) is 19.6 Å². The average Bonchev–Trinajstić information content (AvgIpc) is 3.50. The van der Waals surface area contributed by atoms with Crippen LogP contribution in [0.3, 0.4) is 0 Å². The summed E-state index contributed by atoms with van der Waals surface area (Å²) < 4.78 is 14.4. The van der Waals surface area contributed by atoms with Crippen LogP contribution in [0.1, 0.15) is 62.5 Å². The number of hydrogen-bond donors (Lipinski definition) is 0. The first-order valence-electron chi connectivity index (χ1n) is 12.4. The Bertz CT molecular complexity index is 1320. The third kappa shape index (κ3) is 4.29. The minimum absolute atomic E-state index is 0.0562. The molecule has 1 saturated heterocycles. The molecule has 1 amide bonds. The second kappa shape index (κ2) is 8.83. The molecular formula is C26H34N6O4. The second-order valence-corrected chi connectivity index (χ2v) is 10.7. The Morgan fingerprint density at radius 1 is 1.11 bits per heavy atom. The van der Waals surface area contributed by atoms with E-state index in [-0.39, 0.29) is 18.1 Å². The fraction of sp³-hybridized carbons (Fsp3) is 0.538. The van der Waals surface area contributed by atoms with Crippen LogP contribution in [0.25, 0.3) is 16.9 Å². The van der Waals surface area contributed by atoms with Gasteiger partial charge in [0.25, 0.3) is 0 Å². The van der Waals surface area contributed by atoms with E-state index in [2.05, 4.69) is 23.0 Å². The van der Waals surface area contributed by atoms with E-state index in [1.54, 1.807) is 17.3 Å². The Morgan fingerprint density at radius 2 is 1.86 bits per heavy atom. The standard InChI is InChI=1S/C26H34N6O4/c1-16-13-30(25(34)36-26(2,3)4)11-12-31(16)22-21-18(17-7-8-17)14-32(23(21)28-15-27-22)20-10-9-19(29(20)5)24(33)35-6/h9-10,14-17H,7-8,11-13H2,1-6H3/t16-/m0/s1. The van der Waals surface area contributed by atoms with Crippen molar-refractivity contribution < 1.29 is 19.1 Å². The molecule has 4 heterocycles. The average molecular weight is 495 g/mol. The van der Waals surface area contributed by atoms with E-state index in [0.29, 0.717) is 31.2 Å². The molecule has 10 heteroatoms. The van der Waals surface area contributed by atoms with Gasteiger partial charge in [0.2, 0.25) is 0 Å². The Balaban J connectivity index is 1.51. The highest BCUT2D eigenvalue weighted by Crippen LogP contribution is 2.46. The molecule has 0 spiro atoms. The molecule has 3 aromatic heterocycles. The molecule has 36 heavy (non-hydrogen) atoms. The van der Waals surface area contributed by atoms with E-state index in [0.717, 1.165) is 35.5 Å². The zero-order valence-corrected chi connectivity index (χ0v) is 21.8. The lowest BCUT2D eigenvalue weighted by Gasteiger charge is -2.41. The fourth-order valence-corrected chi connectivity index (χ4v) is 4.99. The number of rotatable bonds is 4. The van der Waals surface area contributed by atoms with Crippen molar-refractivity contribution in [3.05, 3.63) is 35.9 Å². The van der Waals surface area contributed by atoms with Crippen molar-refractivity contribution >= 4 is 28.9 Å². The Kier molecular flexibility index (Phi) is 5.92. The zero-order chi connectivity index (χ0) is 25.8. The summed E-state index contributed by atoms with van der Waals surface area (Å²) in [5.41, 5.74) is 1.98. The lowest BCUT2D eigenvalue weighted by Crippen LogP contribution is -2.54. The largest absolute Gasteiger partial charge is 0.464 e. The van der Waals surface area contributed by atoms with Crippen LogP contribution >= 0.6 is 0 Å². The van der Waals surface area contributed by atoms with Crippen molar-refractivity contribution in [1.82, 2.24) is 24.0 Å². The highest BCUT2D eigenvalue weighted by Gasteiger charge is 2.35. The summed E-state index contributed by atoms with van der Waals surface area (Å²) in [6, 6.07) is 3.73. The van der Waals surface area contributed by atoms with Gasteiger partial charge in [0, 0.05) is 38.9 Å². The molecule has 0 radical (unpaired) electrons. The number of amides is 1. The monoisotopic (exact) mass is 494 g/mol. The molecule has 2 aliphatic rings. The maximum atomic E-state index is 12.7. The predicted octanol–water partition coefficient (Wildman–Crippen LogP) is 3.87. The van der Waals surface area contributed by atoms with Crippen LogP contribution in [0.15, 0.2) is 24.7 Å². The number of ether oxygens (including phenoxy) is 2. The maximum absolute atomic E-state index is 12.7. The van der Waals surface area contributed by atoms with Gasteiger partial charge in [0.15, 0.2) is 5.65 Å². The molecule has 0 N–H and O–H groups in total. The lowest BCUT2D eigenvalue weighted by atomic mass is 10.1. The van der Waals surface area contributed by atoms with Gasteiger partial charge >= 0.3 is 12.1 Å². The van der Waals surface area contributed by atoms with Gasteiger partial charge in [-0.3, -0.25) is 4.57 Å². The van der Waals surface area contributed by atoms with E-state index in [9.17, 15) is 9.59 Å². The molecule has 1 aliphatic heterocycles. The topological polar surface area (TPSA) is 94.7 Å². The smallest absolute Gasteiger partial charge is 0.410 e. The second-order valence-electron chi connectivity index (χ2n) is 10.7. The van der Waals surface area contributed by atoms with Crippen LogP contribution < -0.4 is 4.90 Å². The fourth-order valence-electron chi connectivity index (χ4n) is 4.99. The molecule has 0 unspecified atom stereocenters. The molecule has 0 aromatic carbocycles. The molecule has 2 fully saturated rings. The predicted molar refractivity (Wildman–Crippen MR) is 136 cm³/mol. The first-order chi connectivity index (χ1) is 17.1. The number of methoxy groups -OCH3 is 1. The molecule has 5 rings (SSSR count). The molecule has 3 aromatic rings. The summed E-state index contributed by atoms with van der Waals surface area (Å²) in [4.78, 5) is 38.3. The highest BCUT2D eigenvalue weighted by atomic mass is 16.6. The van der Waals surface area contributed by atoms with E-state index >= 15 is 0 Å². The van der Waals surface area contributed by atoms with Gasteiger partial charge in [0.05, 0.1) is 12.5 Å². The van der Waals surface area contributed by atoms with E-state index in [1.165, 1.54) is 12.7 Å². The van der Waals surface area contributed by atoms with Crippen molar-refractivity contribution in [2.45, 2.75) is 58.1 Å². The van der Waals surface area contributed by atoms with Crippen LogP contribution in [0.4, 0.5) is 10.6 Å². The number of nitrogens with zero attached hydrogens (tertiary/aromatic N) is 6. The molecule has 192 valence electrons. The van der Waals surface area contributed by atoms with E-state index in [4.69, 9.17) is 14.5 Å². The van der Waals surface area contributed by atoms with Gasteiger partial charge in [-0.2, -0.15) is 0 Å². The SMILES string of the molecule is COC(=O)c1ccc(-n2cc(C3CC3)c3c(N4CCN(C(=O)OC(C)(C)C)C[C@@H]4C)ncnc32)n1C. The highest BCUT2D eigenvalue weighted by molar-refractivity contribution is 5.94. The zero-order valence-electron chi connectivity index (χ0n) is 21.8. The van der Waals surface area contributed by atoms with Crippen LogP contribution in [0.5, 0.6) is 0 Å². The number of fused-ring (bicyclic) bond motifs is 1. The number of carbonyl (C=O) groups is 2. The molecule has 10 nitrogen and oxygen atoms in total. The minimum Gasteiger partial charge on any atom is -0.464 e. The van der Waals surface area contributed by atoms with Gasteiger partial charge in [0.1, 0.15) is 29.3 Å². The maximum Gasteiger partial charge on any atom is 0.410 e. The Hall–Kier alpha value is -3.56. The third-order valence-electron chi connectivity index (χ3n) is 6.90. The van der Waals surface area contributed by atoms with Crippen LogP contribution in [0, 0.1) is 0 Å². The molecule has 1 saturated carbocycles. The van der Waals surface area contributed by atoms with Crippen molar-refractivity contribution in [1.29, 1.82) is 0 Å². The first kappa shape index (κ1) is 24.1. The normalized spacial score (nSPS) is 18.6. The minimum atomic E-state index is -0.525. The summed E-state index contributed by atoms with van der Waals surface area (Å²) in [5, 5.41) is 1.04. The van der Waals surface area contributed by atoms with E-state index < -0.39 is 5.60 Å². The summed E-state index contributed by atoms with van der Waals surface area (Å²) in [7, 11) is 3.23.